The lowest BCUT2D eigenvalue weighted by atomic mass is 10.2. The van der Waals surface area contributed by atoms with Crippen molar-refractivity contribution in [3.05, 3.63) is 22.3 Å². The summed E-state index contributed by atoms with van der Waals surface area (Å²) in [6.07, 6.45) is 4.25. The molecule has 0 saturated heterocycles. The van der Waals surface area contributed by atoms with Crippen molar-refractivity contribution in [2.45, 2.75) is 19.8 Å². The highest BCUT2D eigenvalue weighted by atomic mass is 79.9. The first kappa shape index (κ1) is 16.2. The number of pyridine rings is 1. The zero-order valence-corrected chi connectivity index (χ0v) is 14.1. The Labute approximate surface area is 134 Å². The zero-order valence-electron chi connectivity index (χ0n) is 12.6. The van der Waals surface area contributed by atoms with Gasteiger partial charge < -0.3 is 15.0 Å². The van der Waals surface area contributed by atoms with Gasteiger partial charge in [-0.2, -0.15) is 0 Å². The van der Waals surface area contributed by atoms with E-state index in [0.29, 0.717) is 24.5 Å². The van der Waals surface area contributed by atoms with Crippen LogP contribution in [0.3, 0.4) is 0 Å². The van der Waals surface area contributed by atoms with E-state index in [1.54, 1.807) is 24.2 Å². The highest BCUT2D eigenvalue weighted by Crippen LogP contribution is 2.28. The summed E-state index contributed by atoms with van der Waals surface area (Å²) in [4.78, 5) is 18.4. The molecule has 1 aromatic rings. The number of aromatic nitrogens is 1. The van der Waals surface area contributed by atoms with Crippen molar-refractivity contribution in [3.8, 4) is 0 Å². The second-order valence-corrected chi connectivity index (χ2v) is 6.24. The molecule has 1 N–H and O–H groups in total. The van der Waals surface area contributed by atoms with Crippen LogP contribution in [-0.4, -0.2) is 49.1 Å². The number of carbonyl (C=O) groups is 1. The Morgan fingerprint density at radius 1 is 1.57 bits per heavy atom. The minimum atomic E-state index is -0.0465. The standard InChI is InChI=1S/C15H22BrN3O2/c1-3-17-14-13(8-12(16)9-18-14)15(20)19(2)6-7-21-10-11-4-5-11/h8-9,11H,3-7,10H2,1-2H3,(H,17,18). The lowest BCUT2D eigenvalue weighted by Crippen LogP contribution is -2.31. The summed E-state index contributed by atoms with van der Waals surface area (Å²) in [6, 6.07) is 1.80. The third-order valence-corrected chi connectivity index (χ3v) is 3.83. The molecule has 1 fully saturated rings. The van der Waals surface area contributed by atoms with Crippen molar-refractivity contribution >= 4 is 27.7 Å². The molecule has 1 aliphatic rings. The Hall–Kier alpha value is -1.14. The number of hydrogen-bond acceptors (Lipinski definition) is 4. The Morgan fingerprint density at radius 2 is 2.33 bits per heavy atom. The van der Waals surface area contributed by atoms with Crippen LogP contribution in [0.25, 0.3) is 0 Å². The van der Waals surface area contributed by atoms with Crippen molar-refractivity contribution in [3.63, 3.8) is 0 Å². The number of carbonyl (C=O) groups excluding carboxylic acids is 1. The van der Waals surface area contributed by atoms with E-state index in [4.69, 9.17) is 4.74 Å². The second kappa shape index (κ2) is 7.75. The fraction of sp³-hybridized carbons (Fsp3) is 0.600. The molecule has 0 aromatic carbocycles. The number of hydrogen-bond donors (Lipinski definition) is 1. The molecule has 0 atom stereocenters. The summed E-state index contributed by atoms with van der Waals surface area (Å²) in [7, 11) is 1.79. The van der Waals surface area contributed by atoms with Gasteiger partial charge in [0.2, 0.25) is 0 Å². The maximum atomic E-state index is 12.5. The first-order chi connectivity index (χ1) is 10.1. The van der Waals surface area contributed by atoms with Gasteiger partial charge in [-0.3, -0.25) is 4.79 Å². The van der Waals surface area contributed by atoms with Crippen LogP contribution in [0.2, 0.25) is 0 Å². The molecule has 21 heavy (non-hydrogen) atoms. The molecule has 2 rings (SSSR count). The average molecular weight is 356 g/mol. The molecule has 0 unspecified atom stereocenters. The first-order valence-corrected chi connectivity index (χ1v) is 8.13. The molecule has 1 heterocycles. The van der Waals surface area contributed by atoms with Gasteiger partial charge in [-0.1, -0.05) is 0 Å². The van der Waals surface area contributed by atoms with Crippen LogP contribution in [0, 0.1) is 5.92 Å². The molecule has 0 bridgehead atoms. The van der Waals surface area contributed by atoms with Crippen LogP contribution in [0.4, 0.5) is 5.82 Å². The van der Waals surface area contributed by atoms with Crippen LogP contribution < -0.4 is 5.32 Å². The van der Waals surface area contributed by atoms with Crippen molar-refractivity contribution < 1.29 is 9.53 Å². The molecular formula is C15H22BrN3O2. The first-order valence-electron chi connectivity index (χ1n) is 7.34. The topological polar surface area (TPSA) is 54.5 Å². The molecule has 116 valence electrons. The number of rotatable bonds is 8. The number of nitrogens with zero attached hydrogens (tertiary/aromatic N) is 2. The molecule has 0 radical (unpaired) electrons. The summed E-state index contributed by atoms with van der Waals surface area (Å²) >= 11 is 3.37. The van der Waals surface area contributed by atoms with Gasteiger partial charge in [-0.15, -0.1) is 0 Å². The van der Waals surface area contributed by atoms with Crippen LogP contribution in [0.1, 0.15) is 30.1 Å². The quantitative estimate of drug-likeness (QED) is 0.728. The van der Waals surface area contributed by atoms with Gasteiger partial charge in [0.25, 0.3) is 5.91 Å². The molecule has 1 aliphatic carbocycles. The van der Waals surface area contributed by atoms with Gasteiger partial charge in [0.15, 0.2) is 0 Å². The smallest absolute Gasteiger partial charge is 0.257 e. The number of likely N-dealkylation sites (N-methyl/N-ethyl adjacent to an activating group) is 1. The van der Waals surface area contributed by atoms with E-state index in [9.17, 15) is 4.79 Å². The lowest BCUT2D eigenvalue weighted by molar-refractivity contribution is 0.0681. The van der Waals surface area contributed by atoms with Gasteiger partial charge >= 0.3 is 0 Å². The predicted octanol–water partition coefficient (Wildman–Crippen LogP) is 2.77. The maximum absolute atomic E-state index is 12.5. The largest absolute Gasteiger partial charge is 0.379 e. The molecule has 5 nitrogen and oxygen atoms in total. The highest BCUT2D eigenvalue weighted by Gasteiger charge is 2.21. The number of ether oxygens (including phenoxy) is 1. The fourth-order valence-electron chi connectivity index (χ4n) is 1.95. The molecule has 0 aliphatic heterocycles. The van der Waals surface area contributed by atoms with Crippen LogP contribution in [0.15, 0.2) is 16.7 Å². The van der Waals surface area contributed by atoms with Crippen LogP contribution in [-0.2, 0) is 4.74 Å². The predicted molar refractivity (Wildman–Crippen MR) is 86.6 cm³/mol. The summed E-state index contributed by atoms with van der Waals surface area (Å²) in [5.74, 6) is 1.33. The van der Waals surface area contributed by atoms with Gasteiger partial charge in [-0.05, 0) is 47.7 Å². The highest BCUT2D eigenvalue weighted by molar-refractivity contribution is 9.10. The van der Waals surface area contributed by atoms with Crippen molar-refractivity contribution in [1.82, 2.24) is 9.88 Å². The Morgan fingerprint density at radius 3 is 3.00 bits per heavy atom. The minimum absolute atomic E-state index is 0.0465. The summed E-state index contributed by atoms with van der Waals surface area (Å²) in [5.41, 5.74) is 0.580. The summed E-state index contributed by atoms with van der Waals surface area (Å²) in [5, 5.41) is 3.12. The average Bonchev–Trinajstić information content (AvgIpc) is 3.29. The fourth-order valence-corrected chi connectivity index (χ4v) is 2.29. The normalized spacial score (nSPS) is 14.0. The number of nitrogens with one attached hydrogen (secondary N) is 1. The van der Waals surface area contributed by atoms with Crippen LogP contribution >= 0.6 is 15.9 Å². The van der Waals surface area contributed by atoms with E-state index in [1.165, 1.54) is 12.8 Å². The molecular weight excluding hydrogens is 334 g/mol. The minimum Gasteiger partial charge on any atom is -0.379 e. The molecule has 6 heteroatoms. The van der Waals surface area contributed by atoms with E-state index >= 15 is 0 Å². The van der Waals surface area contributed by atoms with E-state index in [2.05, 4.69) is 26.2 Å². The lowest BCUT2D eigenvalue weighted by Gasteiger charge is -2.19. The van der Waals surface area contributed by atoms with E-state index < -0.39 is 0 Å². The number of amides is 1. The Balaban J connectivity index is 1.91. The van der Waals surface area contributed by atoms with E-state index in [0.717, 1.165) is 23.5 Å². The van der Waals surface area contributed by atoms with E-state index in [-0.39, 0.29) is 5.91 Å². The van der Waals surface area contributed by atoms with Crippen LogP contribution in [0.5, 0.6) is 0 Å². The van der Waals surface area contributed by atoms with Gasteiger partial charge in [0.1, 0.15) is 5.82 Å². The molecule has 0 spiro atoms. The maximum Gasteiger partial charge on any atom is 0.257 e. The second-order valence-electron chi connectivity index (χ2n) is 5.33. The number of halogens is 1. The van der Waals surface area contributed by atoms with Gasteiger partial charge in [-0.25, -0.2) is 4.98 Å². The Kier molecular flexibility index (Phi) is 5.99. The molecule has 1 amide bonds. The molecule has 1 saturated carbocycles. The Bertz CT molecular complexity index is 492. The number of anilines is 1. The third-order valence-electron chi connectivity index (χ3n) is 3.40. The van der Waals surface area contributed by atoms with Gasteiger partial charge in [0.05, 0.1) is 12.2 Å². The third kappa shape index (κ3) is 4.97. The van der Waals surface area contributed by atoms with E-state index in [1.807, 2.05) is 6.92 Å². The summed E-state index contributed by atoms with van der Waals surface area (Å²) in [6.45, 7) is 4.69. The van der Waals surface area contributed by atoms with Crippen molar-refractivity contribution in [1.29, 1.82) is 0 Å². The zero-order chi connectivity index (χ0) is 15.2. The van der Waals surface area contributed by atoms with Crippen molar-refractivity contribution in [2.75, 3.05) is 38.7 Å². The van der Waals surface area contributed by atoms with Gasteiger partial charge in [0, 0.05) is 37.4 Å². The molecule has 1 aromatic heterocycles. The summed E-state index contributed by atoms with van der Waals surface area (Å²) < 4.78 is 6.38. The SMILES string of the molecule is CCNc1ncc(Br)cc1C(=O)N(C)CCOCC1CC1. The van der Waals surface area contributed by atoms with Crippen molar-refractivity contribution in [2.24, 2.45) is 5.92 Å². The monoisotopic (exact) mass is 355 g/mol.